The Morgan fingerprint density at radius 1 is 0.784 bits per heavy atom. The van der Waals surface area contributed by atoms with Gasteiger partial charge in [0, 0.05) is 53.4 Å². The topological polar surface area (TPSA) is 46.6 Å². The number of benzene rings is 2. The fraction of sp³-hybridized carbons (Fsp3) is 0.455. The van der Waals surface area contributed by atoms with Crippen LogP contribution in [0.25, 0.3) is 0 Å². The second kappa shape index (κ2) is 9.63. The highest BCUT2D eigenvalue weighted by atomic mass is 16.5. The molecule has 0 aromatic heterocycles. The van der Waals surface area contributed by atoms with Crippen molar-refractivity contribution in [1.29, 1.82) is 0 Å². The summed E-state index contributed by atoms with van der Waals surface area (Å²) < 4.78 is 6.05. The summed E-state index contributed by atoms with van der Waals surface area (Å²) in [6, 6.07) is 18.5. The molecule has 0 N–H and O–H groups in total. The molecule has 4 nitrogen and oxygen atoms in total. The highest BCUT2D eigenvalue weighted by molar-refractivity contribution is 6.07. The normalized spacial score (nSPS) is 21.2. The molecule has 1 aliphatic heterocycles. The van der Waals surface area contributed by atoms with Gasteiger partial charge in [0.1, 0.15) is 5.75 Å². The van der Waals surface area contributed by atoms with Crippen molar-refractivity contribution in [3.8, 4) is 5.75 Å². The molecule has 4 heteroatoms. The maximum atomic E-state index is 14.0. The molecule has 2 aliphatic carbocycles. The van der Waals surface area contributed by atoms with Gasteiger partial charge in [0.15, 0.2) is 11.6 Å². The predicted octanol–water partition coefficient (Wildman–Crippen LogP) is 7.01. The molecule has 5 rings (SSSR count). The molecular formula is C33H39NO3. The summed E-state index contributed by atoms with van der Waals surface area (Å²) in [5.41, 5.74) is 5.79. The average molecular weight is 498 g/mol. The first-order valence-electron chi connectivity index (χ1n) is 13.7. The molecule has 0 fully saturated rings. The third-order valence-electron chi connectivity index (χ3n) is 8.02. The van der Waals surface area contributed by atoms with Gasteiger partial charge in [-0.15, -0.1) is 0 Å². The van der Waals surface area contributed by atoms with E-state index in [0.29, 0.717) is 19.4 Å². The van der Waals surface area contributed by atoms with Gasteiger partial charge in [0.05, 0.1) is 6.61 Å². The smallest absolute Gasteiger partial charge is 0.162 e. The van der Waals surface area contributed by atoms with E-state index in [0.717, 1.165) is 59.7 Å². The van der Waals surface area contributed by atoms with E-state index in [1.165, 1.54) is 5.56 Å². The highest BCUT2D eigenvalue weighted by Crippen LogP contribution is 2.55. The third kappa shape index (κ3) is 4.91. The summed E-state index contributed by atoms with van der Waals surface area (Å²) in [7, 11) is 0. The van der Waals surface area contributed by atoms with Gasteiger partial charge in [-0.1, -0.05) is 76.2 Å². The van der Waals surface area contributed by atoms with Crippen LogP contribution in [0.2, 0.25) is 0 Å². The van der Waals surface area contributed by atoms with E-state index >= 15 is 0 Å². The molecule has 0 saturated heterocycles. The third-order valence-corrected chi connectivity index (χ3v) is 8.02. The van der Waals surface area contributed by atoms with Gasteiger partial charge in [-0.3, -0.25) is 9.59 Å². The van der Waals surface area contributed by atoms with E-state index in [9.17, 15) is 9.59 Å². The Kier molecular flexibility index (Phi) is 6.64. The summed E-state index contributed by atoms with van der Waals surface area (Å²) in [4.78, 5) is 30.3. The Morgan fingerprint density at radius 3 is 1.89 bits per heavy atom. The molecule has 0 amide bonds. The van der Waals surface area contributed by atoms with Gasteiger partial charge in [0.2, 0.25) is 0 Å². The molecule has 194 valence electrons. The van der Waals surface area contributed by atoms with Crippen LogP contribution in [0.15, 0.2) is 77.1 Å². The van der Waals surface area contributed by atoms with Crippen LogP contribution < -0.4 is 4.74 Å². The van der Waals surface area contributed by atoms with Crippen LogP contribution in [0.5, 0.6) is 5.75 Å². The van der Waals surface area contributed by atoms with E-state index in [1.54, 1.807) is 0 Å². The molecule has 0 atom stereocenters. The second-order valence-electron chi connectivity index (χ2n) is 12.4. The molecule has 0 unspecified atom stereocenters. The number of carbonyl (C=O) groups excluding carboxylic acids is 2. The Hall–Kier alpha value is -3.14. The summed E-state index contributed by atoms with van der Waals surface area (Å²) in [5, 5.41) is 0. The lowest BCUT2D eigenvalue weighted by Crippen LogP contribution is -2.45. The fourth-order valence-corrected chi connectivity index (χ4v) is 6.52. The van der Waals surface area contributed by atoms with Crippen LogP contribution in [0, 0.1) is 10.8 Å². The number of hydrogen-bond donors (Lipinski definition) is 0. The number of allylic oxidation sites excluding steroid dienone is 4. The molecule has 0 saturated carbocycles. The molecule has 37 heavy (non-hydrogen) atoms. The van der Waals surface area contributed by atoms with Crippen molar-refractivity contribution in [3.05, 3.63) is 88.3 Å². The van der Waals surface area contributed by atoms with Crippen LogP contribution >= 0.6 is 0 Å². The Bertz CT molecular complexity index is 1230. The SMILES string of the molecule is CCOc1ccccc1C1C2=C(CC(C)(C)CC2=O)N(CCc2ccccc2)C2=C1C(=O)CC(C)(C)C2. The fourth-order valence-electron chi connectivity index (χ4n) is 6.52. The predicted molar refractivity (Wildman–Crippen MR) is 147 cm³/mol. The van der Waals surface area contributed by atoms with Gasteiger partial charge < -0.3 is 9.64 Å². The molecule has 0 spiro atoms. The zero-order valence-electron chi connectivity index (χ0n) is 22.9. The number of ketones is 2. The van der Waals surface area contributed by atoms with Gasteiger partial charge in [-0.2, -0.15) is 0 Å². The average Bonchev–Trinajstić information content (AvgIpc) is 2.82. The van der Waals surface area contributed by atoms with Gasteiger partial charge in [-0.05, 0) is 48.6 Å². The summed E-state index contributed by atoms with van der Waals surface area (Å²) in [6.45, 7) is 12.0. The van der Waals surface area contributed by atoms with Crippen molar-refractivity contribution in [2.24, 2.45) is 10.8 Å². The molecule has 0 bridgehead atoms. The van der Waals surface area contributed by atoms with E-state index in [-0.39, 0.29) is 28.3 Å². The Balaban J connectivity index is 1.72. The zero-order chi connectivity index (χ0) is 26.4. The van der Waals surface area contributed by atoms with Crippen molar-refractivity contribution >= 4 is 11.6 Å². The maximum Gasteiger partial charge on any atom is 0.162 e. The minimum atomic E-state index is -0.368. The number of carbonyl (C=O) groups is 2. The number of Topliss-reactive ketones (excluding diaryl/α,β-unsaturated/α-hetero) is 2. The summed E-state index contributed by atoms with van der Waals surface area (Å²) >= 11 is 0. The second-order valence-corrected chi connectivity index (χ2v) is 12.4. The van der Waals surface area contributed by atoms with E-state index in [4.69, 9.17) is 4.74 Å². The molecule has 3 aliphatic rings. The number of ether oxygens (including phenoxy) is 1. The van der Waals surface area contributed by atoms with Crippen LogP contribution in [0.3, 0.4) is 0 Å². The van der Waals surface area contributed by atoms with Crippen molar-refractivity contribution < 1.29 is 14.3 Å². The number of hydrogen-bond acceptors (Lipinski definition) is 4. The molecule has 0 radical (unpaired) electrons. The lowest BCUT2D eigenvalue weighted by Gasteiger charge is -2.49. The first kappa shape index (κ1) is 25.5. The largest absolute Gasteiger partial charge is 0.494 e. The van der Waals surface area contributed by atoms with Crippen molar-refractivity contribution in [3.63, 3.8) is 0 Å². The van der Waals surface area contributed by atoms with E-state index in [2.05, 4.69) is 56.9 Å². The van der Waals surface area contributed by atoms with Crippen LogP contribution in [0.1, 0.15) is 77.3 Å². The number of rotatable bonds is 6. The summed E-state index contributed by atoms with van der Waals surface area (Å²) in [5.74, 6) is 0.725. The van der Waals surface area contributed by atoms with Crippen LogP contribution in [0.4, 0.5) is 0 Å². The van der Waals surface area contributed by atoms with Crippen molar-refractivity contribution in [1.82, 2.24) is 4.90 Å². The van der Waals surface area contributed by atoms with Crippen LogP contribution in [-0.2, 0) is 16.0 Å². The minimum absolute atomic E-state index is 0.128. The van der Waals surface area contributed by atoms with E-state index in [1.807, 2.05) is 37.3 Å². The summed E-state index contributed by atoms with van der Waals surface area (Å²) in [6.07, 6.45) is 3.49. The first-order valence-corrected chi connectivity index (χ1v) is 13.7. The monoisotopic (exact) mass is 497 g/mol. The number of nitrogens with zero attached hydrogens (tertiary/aromatic N) is 1. The molecule has 1 heterocycles. The molecular weight excluding hydrogens is 458 g/mol. The quantitative estimate of drug-likeness (QED) is 0.430. The lowest BCUT2D eigenvalue weighted by atomic mass is 9.63. The van der Waals surface area contributed by atoms with Crippen molar-refractivity contribution in [2.75, 3.05) is 13.2 Å². The molecule has 2 aromatic carbocycles. The van der Waals surface area contributed by atoms with Gasteiger partial charge >= 0.3 is 0 Å². The first-order chi connectivity index (χ1) is 17.6. The number of para-hydroxylation sites is 1. The van der Waals surface area contributed by atoms with E-state index < -0.39 is 0 Å². The Labute approximate surface area is 221 Å². The molecule has 2 aromatic rings. The van der Waals surface area contributed by atoms with Crippen LogP contribution in [-0.4, -0.2) is 29.6 Å². The van der Waals surface area contributed by atoms with Gasteiger partial charge in [0.25, 0.3) is 0 Å². The Morgan fingerprint density at radius 2 is 1.32 bits per heavy atom. The van der Waals surface area contributed by atoms with Gasteiger partial charge in [-0.25, -0.2) is 0 Å². The zero-order valence-corrected chi connectivity index (χ0v) is 22.9. The van der Waals surface area contributed by atoms with Crippen molar-refractivity contribution in [2.45, 2.75) is 72.6 Å². The highest BCUT2D eigenvalue weighted by Gasteiger charge is 2.49. The minimum Gasteiger partial charge on any atom is -0.494 e. The standard InChI is InChI=1S/C33H39NO3/c1-6-37-28-15-11-10-14-23(28)29-30-24(18-32(2,3)20-26(30)35)34(17-16-22-12-8-7-9-13-22)25-19-33(4,5)21-27(36)31(25)29/h7-15,29H,6,16-21H2,1-5H3. The lowest BCUT2D eigenvalue weighted by molar-refractivity contribution is -0.119. The maximum absolute atomic E-state index is 14.0.